The zero-order valence-corrected chi connectivity index (χ0v) is 16.3. The minimum absolute atomic E-state index is 0.0415. The van der Waals surface area contributed by atoms with E-state index in [1.54, 1.807) is 19.3 Å². The van der Waals surface area contributed by atoms with Crippen LogP contribution in [0.25, 0.3) is 0 Å². The van der Waals surface area contributed by atoms with Crippen LogP contribution in [0.4, 0.5) is 0 Å². The van der Waals surface area contributed by atoms with Crippen molar-refractivity contribution in [1.29, 1.82) is 0 Å². The van der Waals surface area contributed by atoms with E-state index in [0.29, 0.717) is 0 Å². The Morgan fingerprint density at radius 3 is 2.15 bits per heavy atom. The number of carboxylic acid groups (broad SMARTS) is 2. The van der Waals surface area contributed by atoms with Crippen LogP contribution < -0.4 is 0 Å². The second-order valence-corrected chi connectivity index (χ2v) is 7.43. The van der Waals surface area contributed by atoms with E-state index in [9.17, 15) is 19.8 Å². The molecule has 26 heavy (non-hydrogen) atoms. The number of aliphatic carboxylic acids is 2. The molecule has 0 aromatic rings. The molecule has 6 nitrogen and oxygen atoms in total. The zero-order valence-electron chi connectivity index (χ0n) is 16.3. The molecule has 2 N–H and O–H groups in total. The van der Waals surface area contributed by atoms with Crippen LogP contribution in [0.15, 0.2) is 17.4 Å². The molecule has 0 aliphatic carbocycles. The molecule has 1 heterocycles. The number of quaternary nitrogens is 1. The standard InChI is InChI=1S/C20H34N2O4/c1-3-4-5-6-7-8-9-10-11-12-18-21-13-14-22(18,16-19(23)24)15-17(2)20(25)26/h13-14,17H,3-12,15-16H2,1-2H3,(H-,23,24,25,26)/p+1. The van der Waals surface area contributed by atoms with Gasteiger partial charge in [-0.3, -0.25) is 4.79 Å². The van der Waals surface area contributed by atoms with Gasteiger partial charge in [-0.05, 0) is 13.3 Å². The lowest BCUT2D eigenvalue weighted by Gasteiger charge is -2.32. The molecule has 0 radical (unpaired) electrons. The molecule has 6 heteroatoms. The lowest BCUT2D eigenvalue weighted by atomic mass is 10.0. The van der Waals surface area contributed by atoms with Crippen LogP contribution in [0.3, 0.4) is 0 Å². The van der Waals surface area contributed by atoms with E-state index in [-0.39, 0.29) is 17.6 Å². The predicted octanol–water partition coefficient (Wildman–Crippen LogP) is 4.41. The molecule has 0 aromatic heterocycles. The molecular weight excluding hydrogens is 332 g/mol. The maximum Gasteiger partial charge on any atom is 0.360 e. The molecule has 148 valence electrons. The zero-order chi connectivity index (χ0) is 19.4. The van der Waals surface area contributed by atoms with Gasteiger partial charge in [0.15, 0.2) is 6.54 Å². The van der Waals surface area contributed by atoms with Gasteiger partial charge in [0.25, 0.3) is 0 Å². The van der Waals surface area contributed by atoms with E-state index in [4.69, 9.17) is 0 Å². The largest absolute Gasteiger partial charge is 0.481 e. The summed E-state index contributed by atoms with van der Waals surface area (Å²) in [4.78, 5) is 26.9. The van der Waals surface area contributed by atoms with Gasteiger partial charge >= 0.3 is 11.9 Å². The first-order chi connectivity index (χ1) is 12.4. The molecule has 0 fully saturated rings. The molecule has 0 bridgehead atoms. The summed E-state index contributed by atoms with van der Waals surface area (Å²) in [7, 11) is 0. The fraction of sp³-hybridized carbons (Fsp3) is 0.750. The molecule has 1 aliphatic rings. The van der Waals surface area contributed by atoms with Gasteiger partial charge in [0.1, 0.15) is 18.7 Å². The Morgan fingerprint density at radius 1 is 1.04 bits per heavy atom. The van der Waals surface area contributed by atoms with Crippen molar-refractivity contribution < 1.29 is 24.3 Å². The predicted molar refractivity (Wildman–Crippen MR) is 103 cm³/mol. The lowest BCUT2D eigenvalue weighted by molar-refractivity contribution is -0.782. The number of carbonyl (C=O) groups is 2. The summed E-state index contributed by atoms with van der Waals surface area (Å²) >= 11 is 0. The minimum Gasteiger partial charge on any atom is -0.481 e. The van der Waals surface area contributed by atoms with E-state index in [1.165, 1.54) is 44.9 Å². The van der Waals surface area contributed by atoms with E-state index in [1.807, 2.05) is 0 Å². The molecule has 0 aromatic carbocycles. The highest BCUT2D eigenvalue weighted by Crippen LogP contribution is 2.24. The van der Waals surface area contributed by atoms with E-state index < -0.39 is 17.9 Å². The Hall–Kier alpha value is -1.69. The number of unbranched alkanes of at least 4 members (excludes halogenated alkanes) is 8. The molecule has 2 atom stereocenters. The van der Waals surface area contributed by atoms with Gasteiger partial charge < -0.3 is 10.2 Å². The van der Waals surface area contributed by atoms with Crippen molar-refractivity contribution in [2.45, 2.75) is 78.1 Å². The fourth-order valence-electron chi connectivity index (χ4n) is 3.51. The summed E-state index contributed by atoms with van der Waals surface area (Å²) in [5, 5.41) is 18.5. The number of amidine groups is 1. The van der Waals surface area contributed by atoms with Gasteiger partial charge in [-0.15, -0.1) is 0 Å². The highest BCUT2D eigenvalue weighted by Gasteiger charge is 2.40. The van der Waals surface area contributed by atoms with Crippen molar-refractivity contribution in [1.82, 2.24) is 0 Å². The normalized spacial score (nSPS) is 20.2. The Kier molecular flexibility index (Phi) is 10.2. The van der Waals surface area contributed by atoms with Crippen molar-refractivity contribution in [2.75, 3.05) is 13.1 Å². The lowest BCUT2D eigenvalue weighted by Crippen LogP contribution is -2.53. The number of nitrogens with zero attached hydrogens (tertiary/aromatic N) is 2. The first-order valence-electron chi connectivity index (χ1n) is 9.97. The highest BCUT2D eigenvalue weighted by molar-refractivity contribution is 5.81. The third-order valence-corrected chi connectivity index (χ3v) is 5.03. The van der Waals surface area contributed by atoms with Crippen LogP contribution in [0.1, 0.15) is 78.1 Å². The maximum atomic E-state index is 11.3. The number of hydrogen-bond donors (Lipinski definition) is 2. The number of hydrogen-bond acceptors (Lipinski definition) is 3. The van der Waals surface area contributed by atoms with Gasteiger partial charge in [-0.1, -0.05) is 58.3 Å². The summed E-state index contributed by atoms with van der Waals surface area (Å²) < 4.78 is 0.0415. The Balaban J connectivity index is 2.43. The summed E-state index contributed by atoms with van der Waals surface area (Å²) in [6.45, 7) is 3.92. The van der Waals surface area contributed by atoms with Crippen LogP contribution in [-0.2, 0) is 9.59 Å². The quantitative estimate of drug-likeness (QED) is 0.331. The van der Waals surface area contributed by atoms with Gasteiger partial charge in [0, 0.05) is 6.42 Å². The van der Waals surface area contributed by atoms with Crippen LogP contribution in [0, 0.1) is 5.92 Å². The smallest absolute Gasteiger partial charge is 0.360 e. The number of carboxylic acids is 2. The summed E-state index contributed by atoms with van der Waals surface area (Å²) in [6.07, 6.45) is 15.1. The maximum absolute atomic E-state index is 11.3. The SMILES string of the molecule is CCCCCCCCCCCC1=NC=C[N+]1(CC(=O)O)CC(C)C(=O)O. The van der Waals surface area contributed by atoms with Crippen molar-refractivity contribution in [2.24, 2.45) is 10.9 Å². The van der Waals surface area contributed by atoms with Gasteiger partial charge in [0.2, 0.25) is 5.84 Å². The van der Waals surface area contributed by atoms with Crippen molar-refractivity contribution in [3.05, 3.63) is 12.4 Å². The first-order valence-corrected chi connectivity index (χ1v) is 9.97. The average molecular weight is 368 g/mol. The highest BCUT2D eigenvalue weighted by atomic mass is 16.4. The Morgan fingerprint density at radius 2 is 1.62 bits per heavy atom. The van der Waals surface area contributed by atoms with E-state index in [2.05, 4.69) is 11.9 Å². The van der Waals surface area contributed by atoms with Gasteiger partial charge in [-0.25, -0.2) is 14.3 Å². The summed E-state index contributed by atoms with van der Waals surface area (Å²) in [5.41, 5.74) is 0. The molecule has 1 rings (SSSR count). The Labute approximate surface area is 157 Å². The molecule has 0 saturated heterocycles. The molecule has 0 amide bonds. The number of rotatable bonds is 15. The van der Waals surface area contributed by atoms with Crippen LogP contribution in [0.2, 0.25) is 0 Å². The first kappa shape index (κ1) is 22.4. The monoisotopic (exact) mass is 367 g/mol. The fourth-order valence-corrected chi connectivity index (χ4v) is 3.51. The van der Waals surface area contributed by atoms with Crippen molar-refractivity contribution in [3.8, 4) is 0 Å². The second kappa shape index (κ2) is 11.8. The minimum atomic E-state index is -0.936. The van der Waals surface area contributed by atoms with Gasteiger partial charge in [-0.2, -0.15) is 0 Å². The van der Waals surface area contributed by atoms with Crippen LogP contribution in [0.5, 0.6) is 0 Å². The van der Waals surface area contributed by atoms with Crippen LogP contribution in [-0.4, -0.2) is 45.6 Å². The molecule has 0 spiro atoms. The average Bonchev–Trinajstić information content (AvgIpc) is 2.94. The molecule has 2 unspecified atom stereocenters. The Bertz CT molecular complexity index is 516. The second-order valence-electron chi connectivity index (χ2n) is 7.43. The topological polar surface area (TPSA) is 87.0 Å². The van der Waals surface area contributed by atoms with Crippen molar-refractivity contribution in [3.63, 3.8) is 0 Å². The van der Waals surface area contributed by atoms with Crippen LogP contribution >= 0.6 is 0 Å². The molecule has 1 aliphatic heterocycles. The third kappa shape index (κ3) is 7.68. The van der Waals surface area contributed by atoms with Gasteiger partial charge in [0.05, 0.1) is 6.20 Å². The molecule has 0 saturated carbocycles. The number of aliphatic imine (C=N–C) groups is 1. The third-order valence-electron chi connectivity index (χ3n) is 5.03. The molecular formula is C20H35N2O4+. The summed E-state index contributed by atoms with van der Waals surface area (Å²) in [5.74, 6) is -1.68. The van der Waals surface area contributed by atoms with E-state index >= 15 is 0 Å². The van der Waals surface area contributed by atoms with Crippen molar-refractivity contribution >= 4 is 17.8 Å². The summed E-state index contributed by atoms with van der Waals surface area (Å²) in [6, 6.07) is 0. The van der Waals surface area contributed by atoms with E-state index in [0.717, 1.165) is 25.1 Å².